The van der Waals surface area contributed by atoms with Gasteiger partial charge in [-0.15, -0.1) is 11.8 Å². The average molecular weight is 387 g/mol. The van der Waals surface area contributed by atoms with Gasteiger partial charge in [0.25, 0.3) is 0 Å². The van der Waals surface area contributed by atoms with Crippen molar-refractivity contribution in [3.8, 4) is 0 Å². The summed E-state index contributed by atoms with van der Waals surface area (Å²) in [5.41, 5.74) is 5.49. The third kappa shape index (κ3) is 6.85. The molecule has 0 spiro atoms. The van der Waals surface area contributed by atoms with Crippen molar-refractivity contribution < 1.29 is 4.79 Å². The Morgan fingerprint density at radius 2 is 1.81 bits per heavy atom. The smallest absolute Gasteiger partial charge is 0.236 e. The van der Waals surface area contributed by atoms with Gasteiger partial charge in [-0.05, 0) is 35.7 Å². The van der Waals surface area contributed by atoms with Crippen LogP contribution in [0.25, 0.3) is 0 Å². The van der Waals surface area contributed by atoms with E-state index in [-0.39, 0.29) is 5.91 Å². The molecule has 3 N–H and O–H groups in total. The Morgan fingerprint density at radius 3 is 2.42 bits per heavy atom. The first kappa shape index (κ1) is 19.9. The van der Waals surface area contributed by atoms with Crippen molar-refractivity contribution in [2.24, 2.45) is 5.10 Å². The van der Waals surface area contributed by atoms with Crippen molar-refractivity contribution in [2.75, 3.05) is 11.1 Å². The lowest BCUT2D eigenvalue weighted by Crippen LogP contribution is -2.27. The van der Waals surface area contributed by atoms with E-state index in [2.05, 4.69) is 21.2 Å². The normalized spacial score (nSPS) is 10.9. The molecule has 0 aliphatic carbocycles. The molecule has 136 valence electrons. The monoisotopic (exact) mass is 386 g/mol. The van der Waals surface area contributed by atoms with Crippen LogP contribution in [0.4, 0.5) is 5.69 Å². The number of carbonyl (C=O) groups is 1. The van der Waals surface area contributed by atoms with Crippen molar-refractivity contribution in [3.05, 3.63) is 65.7 Å². The van der Waals surface area contributed by atoms with Crippen molar-refractivity contribution in [1.29, 1.82) is 0 Å². The van der Waals surface area contributed by atoms with Gasteiger partial charge in [-0.3, -0.25) is 4.79 Å². The highest BCUT2D eigenvalue weighted by Crippen LogP contribution is 2.16. The summed E-state index contributed by atoms with van der Waals surface area (Å²) in [6.07, 6.45) is 0. The summed E-state index contributed by atoms with van der Waals surface area (Å²) in [7, 11) is 0. The SMILES string of the molecule is CCS/C(=N\NC(C)=O)c1ccc(NC(=S)NCc2ccccc2)cc1. The van der Waals surface area contributed by atoms with E-state index in [0.717, 1.165) is 22.0 Å². The van der Waals surface area contributed by atoms with E-state index < -0.39 is 0 Å². The number of hydrogen-bond donors (Lipinski definition) is 3. The molecule has 0 atom stereocenters. The van der Waals surface area contributed by atoms with Crippen molar-refractivity contribution in [2.45, 2.75) is 20.4 Å². The van der Waals surface area contributed by atoms with Gasteiger partial charge in [0, 0.05) is 24.7 Å². The second kappa shape index (κ2) is 10.6. The minimum absolute atomic E-state index is 0.188. The highest BCUT2D eigenvalue weighted by molar-refractivity contribution is 8.14. The average Bonchev–Trinajstić information content (AvgIpc) is 2.65. The summed E-state index contributed by atoms with van der Waals surface area (Å²) in [4.78, 5) is 11.1. The first-order chi connectivity index (χ1) is 12.6. The Kier molecular flexibility index (Phi) is 8.11. The van der Waals surface area contributed by atoms with Gasteiger partial charge in [0.1, 0.15) is 5.04 Å². The van der Waals surface area contributed by atoms with Gasteiger partial charge in [-0.1, -0.05) is 49.4 Å². The number of hydrazone groups is 1. The number of nitrogens with one attached hydrogen (secondary N) is 3. The van der Waals surface area contributed by atoms with Crippen LogP contribution in [-0.4, -0.2) is 21.8 Å². The maximum absolute atomic E-state index is 11.1. The van der Waals surface area contributed by atoms with E-state index >= 15 is 0 Å². The fourth-order valence-electron chi connectivity index (χ4n) is 2.10. The summed E-state index contributed by atoms with van der Waals surface area (Å²) in [5.74, 6) is 0.679. The van der Waals surface area contributed by atoms with Crippen LogP contribution in [0.5, 0.6) is 0 Å². The lowest BCUT2D eigenvalue weighted by molar-refractivity contribution is -0.118. The van der Waals surface area contributed by atoms with Gasteiger partial charge in [-0.2, -0.15) is 5.10 Å². The molecule has 0 unspecified atom stereocenters. The van der Waals surface area contributed by atoms with Crippen LogP contribution in [0, 0.1) is 0 Å². The van der Waals surface area contributed by atoms with Crippen LogP contribution in [0.15, 0.2) is 59.7 Å². The molecule has 0 saturated heterocycles. The van der Waals surface area contributed by atoms with Crippen LogP contribution >= 0.6 is 24.0 Å². The Balaban J connectivity index is 1.94. The molecule has 2 rings (SSSR count). The molecule has 26 heavy (non-hydrogen) atoms. The summed E-state index contributed by atoms with van der Waals surface area (Å²) >= 11 is 6.91. The molecular formula is C19H22N4OS2. The molecule has 0 radical (unpaired) electrons. The van der Waals surface area contributed by atoms with E-state index in [1.807, 2.05) is 61.5 Å². The first-order valence-corrected chi connectivity index (χ1v) is 9.64. The maximum atomic E-state index is 11.1. The number of thiocarbonyl (C=S) groups is 1. The molecule has 7 heteroatoms. The Hall–Kier alpha value is -2.38. The second-order valence-electron chi connectivity index (χ2n) is 5.39. The van der Waals surface area contributed by atoms with Crippen molar-refractivity contribution in [1.82, 2.24) is 10.7 Å². The molecule has 2 aromatic rings. The van der Waals surface area contributed by atoms with Crippen LogP contribution in [-0.2, 0) is 11.3 Å². The summed E-state index contributed by atoms with van der Waals surface area (Å²) in [5, 5.41) is 11.8. The van der Waals surface area contributed by atoms with Crippen molar-refractivity contribution in [3.63, 3.8) is 0 Å². The predicted molar refractivity (Wildman–Crippen MR) is 114 cm³/mol. The summed E-state index contributed by atoms with van der Waals surface area (Å²) in [6, 6.07) is 17.9. The molecule has 2 aromatic carbocycles. The van der Waals surface area contributed by atoms with Crippen LogP contribution in [0.1, 0.15) is 25.0 Å². The van der Waals surface area contributed by atoms with Gasteiger partial charge < -0.3 is 10.6 Å². The third-order valence-corrected chi connectivity index (χ3v) is 4.42. The molecule has 0 saturated carbocycles. The zero-order valence-corrected chi connectivity index (χ0v) is 16.4. The minimum Gasteiger partial charge on any atom is -0.358 e. The van der Waals surface area contributed by atoms with Gasteiger partial charge in [0.05, 0.1) is 0 Å². The molecular weight excluding hydrogens is 364 g/mol. The molecule has 0 aliphatic rings. The highest BCUT2D eigenvalue weighted by Gasteiger charge is 2.05. The van der Waals surface area contributed by atoms with Crippen molar-refractivity contribution >= 4 is 45.7 Å². The van der Waals surface area contributed by atoms with Gasteiger partial charge in [-0.25, -0.2) is 5.43 Å². The van der Waals surface area contributed by atoms with Crippen LogP contribution < -0.4 is 16.1 Å². The number of hydrogen-bond acceptors (Lipinski definition) is 4. The third-order valence-electron chi connectivity index (χ3n) is 3.28. The van der Waals surface area contributed by atoms with E-state index in [4.69, 9.17) is 12.2 Å². The Bertz CT molecular complexity index is 761. The molecule has 0 heterocycles. The largest absolute Gasteiger partial charge is 0.358 e. The number of carbonyl (C=O) groups excluding carboxylic acids is 1. The molecule has 0 aromatic heterocycles. The molecule has 5 nitrogen and oxygen atoms in total. The number of nitrogens with zero attached hydrogens (tertiary/aromatic N) is 1. The number of rotatable bonds is 6. The fraction of sp³-hybridized carbons (Fsp3) is 0.211. The standard InChI is InChI=1S/C19H22N4OS2/c1-3-26-18(23-22-14(2)24)16-9-11-17(12-10-16)21-19(25)20-13-15-7-5-4-6-8-15/h4-12H,3,13H2,1-2H3,(H,22,24)(H2,20,21,25)/b23-18-. The first-order valence-electron chi connectivity index (χ1n) is 8.24. The Morgan fingerprint density at radius 1 is 1.12 bits per heavy atom. The van der Waals surface area contributed by atoms with E-state index in [1.165, 1.54) is 12.5 Å². The summed E-state index contributed by atoms with van der Waals surface area (Å²) < 4.78 is 0. The highest BCUT2D eigenvalue weighted by atomic mass is 32.2. The lowest BCUT2D eigenvalue weighted by atomic mass is 10.2. The zero-order valence-electron chi connectivity index (χ0n) is 14.8. The van der Waals surface area contributed by atoms with Gasteiger partial charge >= 0.3 is 0 Å². The zero-order chi connectivity index (χ0) is 18.8. The van der Waals surface area contributed by atoms with Gasteiger partial charge in [0.15, 0.2) is 5.11 Å². The fourth-order valence-corrected chi connectivity index (χ4v) is 2.97. The summed E-state index contributed by atoms with van der Waals surface area (Å²) in [6.45, 7) is 4.15. The molecule has 1 amide bonds. The number of amides is 1. The number of benzene rings is 2. The Labute approximate surface area is 163 Å². The maximum Gasteiger partial charge on any atom is 0.236 e. The molecule has 0 aliphatic heterocycles. The van der Waals surface area contributed by atoms with Crippen LogP contribution in [0.3, 0.4) is 0 Å². The van der Waals surface area contributed by atoms with E-state index in [1.54, 1.807) is 11.8 Å². The van der Waals surface area contributed by atoms with Crippen LogP contribution in [0.2, 0.25) is 0 Å². The van der Waals surface area contributed by atoms with E-state index in [0.29, 0.717) is 11.7 Å². The number of thioether (sulfide) groups is 1. The quantitative estimate of drug-likeness (QED) is 0.306. The minimum atomic E-state index is -0.188. The predicted octanol–water partition coefficient (Wildman–Crippen LogP) is 3.72. The second-order valence-corrected chi connectivity index (χ2v) is 7.05. The number of anilines is 1. The topological polar surface area (TPSA) is 65.5 Å². The van der Waals surface area contributed by atoms with E-state index in [9.17, 15) is 4.79 Å². The molecule has 0 fully saturated rings. The lowest BCUT2D eigenvalue weighted by Gasteiger charge is -2.11. The molecule has 0 bridgehead atoms. The van der Waals surface area contributed by atoms with Gasteiger partial charge in [0.2, 0.25) is 5.91 Å².